The molecule has 0 radical (unpaired) electrons. The summed E-state index contributed by atoms with van der Waals surface area (Å²) in [4.78, 5) is 79.2. The largest absolute Gasteiger partial charge is 0.455 e. The average Bonchev–Trinajstić information content (AvgIpc) is 2.25. The molecule has 1 aliphatic carbocycles. The Kier molecular flexibility index (Phi) is 16.9. The quantitative estimate of drug-likeness (QED) is 0.0287. The minimum Gasteiger partial charge on any atom is -0.455 e. The van der Waals surface area contributed by atoms with Gasteiger partial charge in [0.05, 0.1) is 27.8 Å². The van der Waals surface area contributed by atoms with Crippen LogP contribution in [0.1, 0.15) is 102 Å². The fourth-order valence-corrected chi connectivity index (χ4v) is 13.7. The molecule has 12 rings (SSSR count). The van der Waals surface area contributed by atoms with E-state index in [2.05, 4.69) is 82.9 Å². The third-order valence-corrected chi connectivity index (χ3v) is 19.1. The first-order valence-corrected chi connectivity index (χ1v) is 31.5. The second kappa shape index (κ2) is 25.1. The summed E-state index contributed by atoms with van der Waals surface area (Å²) >= 11 is 6.27. The summed E-state index contributed by atoms with van der Waals surface area (Å²) in [6, 6.07) is 25.0. The summed E-state index contributed by atoms with van der Waals surface area (Å²) in [6.45, 7) is 11.7. The van der Waals surface area contributed by atoms with Crippen molar-refractivity contribution in [3.8, 4) is 23.3 Å². The number of halogens is 1. The van der Waals surface area contributed by atoms with Crippen molar-refractivity contribution >= 4 is 78.9 Å². The van der Waals surface area contributed by atoms with Gasteiger partial charge in [-0.3, -0.25) is 49.1 Å². The van der Waals surface area contributed by atoms with Gasteiger partial charge in [-0.05, 0) is 140 Å². The van der Waals surface area contributed by atoms with E-state index in [1.807, 2.05) is 36.7 Å². The van der Waals surface area contributed by atoms with Gasteiger partial charge in [0.15, 0.2) is 0 Å². The highest BCUT2D eigenvalue weighted by Gasteiger charge is 2.40. The number of nitro benzene ring substituents is 1. The molecule has 7 heterocycles. The Morgan fingerprint density at radius 3 is 2.49 bits per heavy atom. The smallest absolute Gasteiger partial charge is 0.293 e. The van der Waals surface area contributed by atoms with Gasteiger partial charge in [-0.2, -0.15) is 5.10 Å². The van der Waals surface area contributed by atoms with Crippen molar-refractivity contribution in [1.82, 2.24) is 44.5 Å². The highest BCUT2D eigenvalue weighted by atomic mass is 35.5. The number of carbonyl (C=O) groups is 4. The number of hydrogen-bond donors (Lipinski definition) is 4. The van der Waals surface area contributed by atoms with Gasteiger partial charge >= 0.3 is 0 Å². The number of pyridine rings is 1. The molecule has 88 heavy (non-hydrogen) atoms. The number of likely N-dealkylation sites (tertiary alicyclic amines) is 1. The first-order valence-electron chi connectivity index (χ1n) is 29.7. The van der Waals surface area contributed by atoms with Crippen LogP contribution in [0.3, 0.4) is 0 Å². The lowest BCUT2D eigenvalue weighted by Gasteiger charge is -2.39. The molecule has 7 aromatic rings. The number of piperidine rings is 2. The molecule has 0 saturated carbocycles. The van der Waals surface area contributed by atoms with Crippen molar-refractivity contribution in [2.45, 2.75) is 89.4 Å². The lowest BCUT2D eigenvalue weighted by molar-refractivity contribution is -0.384. The number of aromatic nitrogens is 4. The minimum absolute atomic E-state index is 0.0612. The zero-order valence-electron chi connectivity index (χ0n) is 48.9. The van der Waals surface area contributed by atoms with Crippen LogP contribution in [-0.4, -0.2) is 130 Å². The molecule has 3 aromatic heterocycles. The fraction of sp³-hybridized carbons (Fsp3) is 0.354. The highest BCUT2D eigenvalue weighted by molar-refractivity contribution is 7.90. The number of hydrogen-bond acceptors (Lipinski definition) is 15. The summed E-state index contributed by atoms with van der Waals surface area (Å²) in [5, 5.41) is 24.1. The Morgan fingerprint density at radius 1 is 0.909 bits per heavy atom. The Bertz CT molecular complexity index is 4100. The van der Waals surface area contributed by atoms with Crippen molar-refractivity contribution in [3.63, 3.8) is 0 Å². The lowest BCUT2D eigenvalue weighted by atomic mass is 9.72. The maximum absolute atomic E-state index is 14.2. The second-order valence-corrected chi connectivity index (χ2v) is 26.2. The van der Waals surface area contributed by atoms with Crippen LogP contribution in [0.5, 0.6) is 11.5 Å². The molecule has 0 bridgehead atoms. The van der Waals surface area contributed by atoms with Crippen LogP contribution in [0.15, 0.2) is 126 Å². The first-order chi connectivity index (χ1) is 42.4. The molecule has 3 fully saturated rings. The van der Waals surface area contributed by atoms with Gasteiger partial charge in [0.25, 0.3) is 27.5 Å². The monoisotopic (exact) mass is 1230 g/mol. The summed E-state index contributed by atoms with van der Waals surface area (Å²) < 4.78 is 38.3. The topological polar surface area (TPSA) is 250 Å². The minimum atomic E-state index is -4.64. The third-order valence-electron chi connectivity index (χ3n) is 17.5. The molecule has 0 spiro atoms. The summed E-state index contributed by atoms with van der Waals surface area (Å²) in [6.07, 6.45) is 12.3. The molecule has 21 nitrogen and oxygen atoms in total. The molecule has 23 heteroatoms. The van der Waals surface area contributed by atoms with Gasteiger partial charge < -0.3 is 24.8 Å². The second-order valence-electron chi connectivity index (χ2n) is 24.1. The Labute approximate surface area is 514 Å². The molecular weight excluding hydrogens is 1160 g/mol. The number of benzene rings is 4. The number of nitrogens with zero attached hydrogens (tertiary/aromatic N) is 8. The number of sulfonamides is 1. The van der Waals surface area contributed by atoms with Crippen LogP contribution in [-0.2, 0) is 39.2 Å². The van der Waals surface area contributed by atoms with E-state index in [4.69, 9.17) is 16.3 Å². The number of carbonyl (C=O) groups excluding carboxylic acids is 4. The van der Waals surface area contributed by atoms with Crippen LogP contribution in [0.4, 0.5) is 17.1 Å². The molecule has 4 N–H and O–H groups in total. The number of H-pyrrole nitrogens is 1. The van der Waals surface area contributed by atoms with Gasteiger partial charge in [-0.25, -0.2) is 18.1 Å². The van der Waals surface area contributed by atoms with E-state index in [0.717, 1.165) is 93.1 Å². The van der Waals surface area contributed by atoms with Crippen LogP contribution >= 0.6 is 11.6 Å². The van der Waals surface area contributed by atoms with Gasteiger partial charge in [0.1, 0.15) is 35.4 Å². The lowest BCUT2D eigenvalue weighted by Crippen LogP contribution is -2.52. The maximum Gasteiger partial charge on any atom is 0.293 e. The number of aromatic amines is 1. The standard InChI is InChI=1S/C65H67ClN12O9S/c1-65(2)22-18-47(54(34-65)45-8-10-48(66)11-9-45)40-74-27-29-75(30-28-74)49-12-14-53(59(32-49)87-50-31-46-19-23-67-61(46)69-37-50)62(80)72-88(85,86)51-13-15-56(58(33-51)78(83)84)68-35-42-20-25-73(26-21-42)38-43-36-70-76(39-43)24-4-6-44-5-3-7-52-55(44)41-77(64(52)82)57-16-17-60(79)71-63(57)81/h3,5,7-15,19,23,31-33,36-37,39,42,57,68H,16-18,20-22,24-30,34-35,38,40-41H2,1-2H3,(H,67,69)(H,72,80)(H,71,79,81). The molecule has 4 aromatic carbocycles. The SMILES string of the molecule is CC1(C)CCC(CN2CCN(c3ccc(C(=O)NS(=O)(=O)c4ccc(NCC5CCN(Cc6cnn(CC#Cc7cccc8c7CN(C7CCC(=O)NC7=O)C8=O)c6)CC5)c([N+](=O)[O-])c4)c(Oc4cnc5[nH]ccc5c4)c3)CC2)=C(c2ccc(Cl)cc2)C1. The van der Waals surface area contributed by atoms with Gasteiger partial charge in [-0.1, -0.05) is 61.1 Å². The Morgan fingerprint density at radius 2 is 1.70 bits per heavy atom. The zero-order valence-corrected chi connectivity index (χ0v) is 50.5. The summed E-state index contributed by atoms with van der Waals surface area (Å²) in [7, 11) is -4.64. The molecular formula is C65H67ClN12O9S. The Hall–Kier alpha value is -8.88. The highest BCUT2D eigenvalue weighted by Crippen LogP contribution is 2.44. The number of amides is 4. The van der Waals surface area contributed by atoms with E-state index in [-0.39, 0.29) is 59.5 Å². The average molecular weight is 1230 g/mol. The van der Waals surface area contributed by atoms with Crippen LogP contribution in [0, 0.1) is 33.3 Å². The van der Waals surface area contributed by atoms with Crippen LogP contribution in [0.2, 0.25) is 5.02 Å². The molecule has 1 unspecified atom stereocenters. The number of piperazine rings is 1. The molecule has 1 atom stereocenters. The normalized spacial score (nSPS) is 18.4. The predicted octanol–water partition coefficient (Wildman–Crippen LogP) is 9.15. The number of allylic oxidation sites excluding steroid dienone is 1. The number of nitro groups is 1. The van der Waals surface area contributed by atoms with Crippen molar-refractivity contribution in [1.29, 1.82) is 0 Å². The van der Waals surface area contributed by atoms with Gasteiger partial charge in [-0.15, -0.1) is 0 Å². The fourth-order valence-electron chi connectivity index (χ4n) is 12.5. The third kappa shape index (κ3) is 13.3. The van der Waals surface area contributed by atoms with E-state index >= 15 is 0 Å². The van der Waals surface area contributed by atoms with Gasteiger partial charge in [0, 0.05) is 116 Å². The van der Waals surface area contributed by atoms with E-state index in [1.54, 1.807) is 41.2 Å². The first kappa shape index (κ1) is 59.5. The number of imide groups is 1. The number of nitrogens with one attached hydrogen (secondary N) is 4. The van der Waals surface area contributed by atoms with Crippen LogP contribution in [0.25, 0.3) is 16.6 Å². The molecule has 3 saturated heterocycles. The zero-order chi connectivity index (χ0) is 61.3. The van der Waals surface area contributed by atoms with Crippen molar-refractivity contribution < 1.29 is 37.3 Å². The van der Waals surface area contributed by atoms with E-state index in [1.165, 1.54) is 46.0 Å². The molecule has 5 aliphatic rings. The van der Waals surface area contributed by atoms with Crippen molar-refractivity contribution in [2.24, 2.45) is 11.3 Å². The molecule has 4 aliphatic heterocycles. The van der Waals surface area contributed by atoms with Gasteiger partial charge in [0.2, 0.25) is 11.8 Å². The van der Waals surface area contributed by atoms with E-state index in [9.17, 15) is 37.7 Å². The predicted molar refractivity (Wildman–Crippen MR) is 333 cm³/mol. The number of rotatable bonds is 17. The summed E-state index contributed by atoms with van der Waals surface area (Å²) in [5.41, 5.74) is 8.33. The van der Waals surface area contributed by atoms with E-state index < -0.39 is 43.4 Å². The van der Waals surface area contributed by atoms with E-state index in [0.29, 0.717) is 60.3 Å². The number of ether oxygens (including phenoxy) is 1. The van der Waals surface area contributed by atoms with Crippen LogP contribution < -0.4 is 25.0 Å². The summed E-state index contributed by atoms with van der Waals surface area (Å²) in [5.74, 6) is 4.95. The number of anilines is 2. The number of fused-ring (bicyclic) bond motifs is 2. The van der Waals surface area contributed by atoms with Crippen molar-refractivity contribution in [3.05, 3.63) is 170 Å². The molecule has 4 amide bonds. The maximum atomic E-state index is 14.2. The Balaban J connectivity index is 0.651. The van der Waals surface area contributed by atoms with Crippen molar-refractivity contribution in [2.75, 3.05) is 62.6 Å². The molecule has 454 valence electrons.